The minimum atomic E-state index is -0.712. The molecule has 17 heavy (non-hydrogen) atoms. The molecule has 1 saturated heterocycles. The molecule has 0 aromatic heterocycles. The first-order valence-electron chi connectivity index (χ1n) is 5.96. The van der Waals surface area contributed by atoms with Gasteiger partial charge in [-0.25, -0.2) is 0 Å². The molecule has 0 amide bonds. The number of benzene rings is 1. The van der Waals surface area contributed by atoms with E-state index in [2.05, 4.69) is 37.4 Å². The van der Waals surface area contributed by atoms with Crippen LogP contribution in [0.5, 0.6) is 0 Å². The molecule has 1 aromatic rings. The number of carboxylic acid groups (broad SMARTS) is 1. The van der Waals surface area contributed by atoms with Gasteiger partial charge in [-0.15, -0.1) is 0 Å². The summed E-state index contributed by atoms with van der Waals surface area (Å²) in [7, 11) is 0. The molecule has 1 heterocycles. The molecule has 1 aliphatic heterocycles. The van der Waals surface area contributed by atoms with Gasteiger partial charge in [0.25, 0.3) is 0 Å². The lowest BCUT2D eigenvalue weighted by Crippen LogP contribution is -2.36. The van der Waals surface area contributed by atoms with Crippen molar-refractivity contribution < 1.29 is 9.90 Å². The van der Waals surface area contributed by atoms with Gasteiger partial charge in [0.15, 0.2) is 0 Å². The Morgan fingerprint density at radius 1 is 1.41 bits per heavy atom. The highest BCUT2D eigenvalue weighted by atomic mass is 16.4. The van der Waals surface area contributed by atoms with Gasteiger partial charge < -0.3 is 10.4 Å². The summed E-state index contributed by atoms with van der Waals surface area (Å²) in [5.74, 6) is -1.06. The summed E-state index contributed by atoms with van der Waals surface area (Å²) < 4.78 is 0. The van der Waals surface area contributed by atoms with Crippen LogP contribution in [0.1, 0.15) is 23.6 Å². The van der Waals surface area contributed by atoms with Crippen molar-refractivity contribution in [3.63, 3.8) is 0 Å². The number of carboxylic acids is 1. The predicted octanol–water partition coefficient (Wildman–Crippen LogP) is 1.87. The van der Waals surface area contributed by atoms with Crippen LogP contribution in [-0.4, -0.2) is 24.2 Å². The summed E-state index contributed by atoms with van der Waals surface area (Å²) in [6.45, 7) is 7.46. The molecule has 1 aromatic carbocycles. The first-order chi connectivity index (χ1) is 7.95. The number of aliphatic carboxylic acids is 1. The molecule has 0 radical (unpaired) electrons. The van der Waals surface area contributed by atoms with Crippen LogP contribution in [0.4, 0.5) is 0 Å². The Kier molecular flexibility index (Phi) is 2.96. The molecule has 3 nitrogen and oxygen atoms in total. The summed E-state index contributed by atoms with van der Waals surface area (Å²) in [5, 5.41) is 12.5. The van der Waals surface area contributed by atoms with E-state index in [1.165, 1.54) is 11.1 Å². The third-order valence-corrected chi connectivity index (χ3v) is 4.07. The Morgan fingerprint density at radius 2 is 2.12 bits per heavy atom. The molecule has 2 rings (SSSR count). The van der Waals surface area contributed by atoms with Crippen molar-refractivity contribution in [2.45, 2.75) is 26.2 Å². The lowest BCUT2D eigenvalue weighted by Gasteiger charge is -2.29. The Bertz CT molecular complexity index is 456. The predicted molar refractivity (Wildman–Crippen MR) is 67.3 cm³/mol. The third kappa shape index (κ3) is 1.95. The van der Waals surface area contributed by atoms with Crippen LogP contribution >= 0.6 is 0 Å². The number of aryl methyl sites for hydroxylation is 2. The average Bonchev–Trinajstić information content (AvgIpc) is 2.65. The van der Waals surface area contributed by atoms with E-state index in [0.29, 0.717) is 6.54 Å². The molecule has 2 atom stereocenters. The van der Waals surface area contributed by atoms with E-state index < -0.39 is 5.97 Å². The molecule has 0 spiro atoms. The van der Waals surface area contributed by atoms with Crippen LogP contribution in [-0.2, 0) is 10.2 Å². The summed E-state index contributed by atoms with van der Waals surface area (Å²) in [6, 6.07) is 6.26. The third-order valence-electron chi connectivity index (χ3n) is 4.07. The number of carbonyl (C=O) groups is 1. The van der Waals surface area contributed by atoms with Crippen molar-refractivity contribution in [3.05, 3.63) is 34.9 Å². The molecular formula is C14H19NO2. The maximum Gasteiger partial charge on any atom is 0.308 e. The standard InChI is InChI=1S/C14H19NO2/c1-9-4-5-11(6-10(9)2)14(3)8-15-7-12(14)13(16)17/h4-6,12,15H,7-8H2,1-3H3,(H,16,17). The first-order valence-corrected chi connectivity index (χ1v) is 5.96. The second-order valence-electron chi connectivity index (χ2n) is 5.24. The molecule has 2 N–H and O–H groups in total. The molecule has 92 valence electrons. The summed E-state index contributed by atoms with van der Waals surface area (Å²) in [5.41, 5.74) is 3.29. The maximum atomic E-state index is 11.3. The monoisotopic (exact) mass is 233 g/mol. The van der Waals surface area contributed by atoms with Crippen LogP contribution in [0.3, 0.4) is 0 Å². The first kappa shape index (κ1) is 12.1. The van der Waals surface area contributed by atoms with Gasteiger partial charge in [-0.1, -0.05) is 25.1 Å². The minimum Gasteiger partial charge on any atom is -0.481 e. The molecule has 0 saturated carbocycles. The highest BCUT2D eigenvalue weighted by molar-refractivity contribution is 5.73. The van der Waals surface area contributed by atoms with Gasteiger partial charge in [0, 0.05) is 18.5 Å². The highest BCUT2D eigenvalue weighted by Gasteiger charge is 2.44. The van der Waals surface area contributed by atoms with Crippen LogP contribution in [0.25, 0.3) is 0 Å². The second kappa shape index (κ2) is 4.15. The Labute approximate surface area is 102 Å². The molecular weight excluding hydrogens is 214 g/mol. The molecule has 0 aliphatic carbocycles. The average molecular weight is 233 g/mol. The minimum absolute atomic E-state index is 0.301. The molecule has 2 unspecified atom stereocenters. The van der Waals surface area contributed by atoms with Crippen LogP contribution < -0.4 is 5.32 Å². The van der Waals surface area contributed by atoms with Gasteiger partial charge in [0.2, 0.25) is 0 Å². The number of nitrogens with one attached hydrogen (secondary N) is 1. The summed E-state index contributed by atoms with van der Waals surface area (Å²) >= 11 is 0. The zero-order valence-corrected chi connectivity index (χ0v) is 10.6. The highest BCUT2D eigenvalue weighted by Crippen LogP contribution is 2.36. The van der Waals surface area contributed by atoms with Gasteiger partial charge in [0.1, 0.15) is 0 Å². The maximum absolute atomic E-state index is 11.3. The number of hydrogen-bond acceptors (Lipinski definition) is 2. The lowest BCUT2D eigenvalue weighted by atomic mass is 9.73. The second-order valence-corrected chi connectivity index (χ2v) is 5.24. The van der Waals surface area contributed by atoms with Crippen LogP contribution in [0, 0.1) is 19.8 Å². The zero-order chi connectivity index (χ0) is 12.6. The lowest BCUT2D eigenvalue weighted by molar-refractivity contribution is -0.142. The van der Waals surface area contributed by atoms with Crippen molar-refractivity contribution in [2.24, 2.45) is 5.92 Å². The van der Waals surface area contributed by atoms with Gasteiger partial charge in [-0.05, 0) is 30.5 Å². The SMILES string of the molecule is Cc1ccc(C2(C)CNCC2C(=O)O)cc1C. The number of hydrogen-bond donors (Lipinski definition) is 2. The van der Waals surface area contributed by atoms with E-state index >= 15 is 0 Å². The smallest absolute Gasteiger partial charge is 0.308 e. The van der Waals surface area contributed by atoms with Crippen molar-refractivity contribution in [1.29, 1.82) is 0 Å². The van der Waals surface area contributed by atoms with Crippen molar-refractivity contribution in [3.8, 4) is 0 Å². The van der Waals surface area contributed by atoms with E-state index in [4.69, 9.17) is 0 Å². The van der Waals surface area contributed by atoms with E-state index in [0.717, 1.165) is 12.1 Å². The topological polar surface area (TPSA) is 49.3 Å². The summed E-state index contributed by atoms with van der Waals surface area (Å²) in [4.78, 5) is 11.3. The molecule has 0 bridgehead atoms. The molecule has 1 fully saturated rings. The van der Waals surface area contributed by atoms with Crippen molar-refractivity contribution in [1.82, 2.24) is 5.32 Å². The fourth-order valence-corrected chi connectivity index (χ4v) is 2.58. The van der Waals surface area contributed by atoms with E-state index in [1.54, 1.807) is 0 Å². The van der Waals surface area contributed by atoms with Crippen molar-refractivity contribution in [2.75, 3.05) is 13.1 Å². The normalized spacial score (nSPS) is 28.3. The van der Waals surface area contributed by atoms with E-state index in [9.17, 15) is 9.90 Å². The largest absolute Gasteiger partial charge is 0.481 e. The van der Waals surface area contributed by atoms with Gasteiger partial charge >= 0.3 is 5.97 Å². The zero-order valence-electron chi connectivity index (χ0n) is 10.6. The quantitative estimate of drug-likeness (QED) is 0.819. The van der Waals surface area contributed by atoms with Crippen molar-refractivity contribution >= 4 is 5.97 Å². The fraction of sp³-hybridized carbons (Fsp3) is 0.500. The van der Waals surface area contributed by atoms with E-state index in [-0.39, 0.29) is 11.3 Å². The summed E-state index contributed by atoms with van der Waals surface area (Å²) in [6.07, 6.45) is 0. The van der Waals surface area contributed by atoms with Gasteiger partial charge in [-0.3, -0.25) is 4.79 Å². The van der Waals surface area contributed by atoms with Gasteiger partial charge in [0.05, 0.1) is 5.92 Å². The molecule has 3 heteroatoms. The Hall–Kier alpha value is -1.35. The Morgan fingerprint density at radius 3 is 2.71 bits per heavy atom. The fourth-order valence-electron chi connectivity index (χ4n) is 2.58. The van der Waals surface area contributed by atoms with Crippen LogP contribution in [0.2, 0.25) is 0 Å². The van der Waals surface area contributed by atoms with Gasteiger partial charge in [-0.2, -0.15) is 0 Å². The van der Waals surface area contributed by atoms with Crippen LogP contribution in [0.15, 0.2) is 18.2 Å². The Balaban J connectivity index is 2.43. The number of rotatable bonds is 2. The molecule has 1 aliphatic rings. The van der Waals surface area contributed by atoms with E-state index in [1.807, 2.05) is 6.92 Å².